The number of piperidine rings is 1. The zero-order chi connectivity index (χ0) is 27.3. The van der Waals surface area contributed by atoms with Gasteiger partial charge in [-0.1, -0.05) is 36.4 Å². The lowest BCUT2D eigenvalue weighted by molar-refractivity contribution is 0.0342. The van der Waals surface area contributed by atoms with Crippen LogP contribution in [-0.4, -0.2) is 69.9 Å². The minimum atomic E-state index is -0.508. The van der Waals surface area contributed by atoms with Crippen LogP contribution in [0.25, 0.3) is 11.0 Å². The summed E-state index contributed by atoms with van der Waals surface area (Å²) in [6.07, 6.45) is 6.43. The van der Waals surface area contributed by atoms with E-state index < -0.39 is 5.91 Å². The quantitative estimate of drug-likeness (QED) is 0.255. The molecule has 0 unspecified atom stereocenters. The standard InChI is InChI=1S/C32H37N5O3/c38-32(34-39)28-7-5-26(6-8-28)23-37-14-11-29-19-30(20-33-31(29)37)27-9-12-35(13-10-27)21-24-1-3-25(4-2-24)22-36-15-17-40-18-16-36/h1-8,11,14,19-20,27,39H,9-10,12-13,15-18,21-23H2,(H,34,38). The first kappa shape index (κ1) is 26.7. The Morgan fingerprint density at radius 1 is 0.850 bits per heavy atom. The number of hydrogen-bond acceptors (Lipinski definition) is 6. The molecule has 4 aromatic rings. The molecule has 208 valence electrons. The number of nitrogens with zero attached hydrogens (tertiary/aromatic N) is 4. The Kier molecular flexibility index (Phi) is 8.20. The molecule has 1 amide bonds. The molecule has 2 aliphatic rings. The molecular formula is C32H37N5O3. The normalized spacial score (nSPS) is 17.3. The Labute approximate surface area is 235 Å². The molecule has 6 rings (SSSR count). The Morgan fingerprint density at radius 3 is 2.10 bits per heavy atom. The number of amides is 1. The number of morpholine rings is 1. The summed E-state index contributed by atoms with van der Waals surface area (Å²) in [4.78, 5) is 21.5. The van der Waals surface area contributed by atoms with E-state index in [9.17, 15) is 4.79 Å². The van der Waals surface area contributed by atoms with Crippen molar-refractivity contribution in [3.8, 4) is 0 Å². The SMILES string of the molecule is O=C(NO)c1ccc(Cn2ccc3cc(C4CCN(Cc5ccc(CN6CCOCC6)cc5)CC4)cnc32)cc1. The van der Waals surface area contributed by atoms with Gasteiger partial charge in [0.2, 0.25) is 0 Å². The number of hydrogen-bond donors (Lipinski definition) is 2. The smallest absolute Gasteiger partial charge is 0.274 e. The highest BCUT2D eigenvalue weighted by molar-refractivity contribution is 5.93. The lowest BCUT2D eigenvalue weighted by Gasteiger charge is -2.32. The van der Waals surface area contributed by atoms with E-state index in [0.29, 0.717) is 18.0 Å². The highest BCUT2D eigenvalue weighted by Crippen LogP contribution is 2.30. The summed E-state index contributed by atoms with van der Waals surface area (Å²) in [7, 11) is 0. The minimum absolute atomic E-state index is 0.426. The molecule has 2 aliphatic heterocycles. The van der Waals surface area contributed by atoms with E-state index in [0.717, 1.165) is 81.9 Å². The predicted octanol–water partition coefficient (Wildman–Crippen LogP) is 4.42. The highest BCUT2D eigenvalue weighted by atomic mass is 16.5. The van der Waals surface area contributed by atoms with Crippen molar-refractivity contribution in [2.24, 2.45) is 0 Å². The van der Waals surface area contributed by atoms with E-state index in [1.807, 2.05) is 12.1 Å². The van der Waals surface area contributed by atoms with Crippen LogP contribution in [0.15, 0.2) is 73.1 Å². The van der Waals surface area contributed by atoms with Gasteiger partial charge in [0, 0.05) is 56.1 Å². The van der Waals surface area contributed by atoms with Gasteiger partial charge in [-0.15, -0.1) is 0 Å². The molecule has 0 spiro atoms. The van der Waals surface area contributed by atoms with Gasteiger partial charge >= 0.3 is 0 Å². The van der Waals surface area contributed by atoms with E-state index in [4.69, 9.17) is 14.9 Å². The van der Waals surface area contributed by atoms with Crippen molar-refractivity contribution < 1.29 is 14.7 Å². The second kappa shape index (κ2) is 12.3. The van der Waals surface area contributed by atoms with Crippen LogP contribution in [0.3, 0.4) is 0 Å². The molecule has 0 radical (unpaired) electrons. The molecule has 2 aromatic heterocycles. The number of pyridine rings is 1. The summed E-state index contributed by atoms with van der Waals surface area (Å²) >= 11 is 0. The van der Waals surface area contributed by atoms with E-state index in [1.54, 1.807) is 17.6 Å². The maximum absolute atomic E-state index is 11.6. The summed E-state index contributed by atoms with van der Waals surface area (Å²) in [5, 5.41) is 9.97. The molecule has 40 heavy (non-hydrogen) atoms. The zero-order valence-corrected chi connectivity index (χ0v) is 22.8. The lowest BCUT2D eigenvalue weighted by atomic mass is 9.90. The van der Waals surface area contributed by atoms with Crippen molar-refractivity contribution in [2.75, 3.05) is 39.4 Å². The van der Waals surface area contributed by atoms with Gasteiger partial charge in [0.25, 0.3) is 5.91 Å². The minimum Gasteiger partial charge on any atom is -0.379 e. The largest absolute Gasteiger partial charge is 0.379 e. The predicted molar refractivity (Wildman–Crippen MR) is 154 cm³/mol. The van der Waals surface area contributed by atoms with Gasteiger partial charge in [0.05, 0.1) is 13.2 Å². The number of aromatic nitrogens is 2. The zero-order valence-electron chi connectivity index (χ0n) is 22.8. The molecule has 2 aromatic carbocycles. The van der Waals surface area contributed by atoms with Gasteiger partial charge in [0.15, 0.2) is 0 Å². The van der Waals surface area contributed by atoms with Crippen LogP contribution in [0.4, 0.5) is 0 Å². The molecule has 0 atom stereocenters. The second-order valence-electron chi connectivity index (χ2n) is 11.0. The maximum atomic E-state index is 11.6. The number of benzene rings is 2. The average molecular weight is 540 g/mol. The molecule has 0 saturated carbocycles. The van der Waals surface area contributed by atoms with Crippen molar-refractivity contribution in [2.45, 2.75) is 38.4 Å². The van der Waals surface area contributed by atoms with Crippen LogP contribution in [0.2, 0.25) is 0 Å². The Bertz CT molecular complexity index is 1420. The van der Waals surface area contributed by atoms with Gasteiger partial charge in [-0.2, -0.15) is 0 Å². The third-order valence-corrected chi connectivity index (χ3v) is 8.29. The van der Waals surface area contributed by atoms with Crippen LogP contribution in [0, 0.1) is 0 Å². The number of rotatable bonds is 8. The summed E-state index contributed by atoms with van der Waals surface area (Å²) in [5.41, 5.74) is 8.23. The summed E-state index contributed by atoms with van der Waals surface area (Å²) < 4.78 is 7.60. The summed E-state index contributed by atoms with van der Waals surface area (Å²) in [6, 6.07) is 20.8. The van der Waals surface area contributed by atoms with Gasteiger partial charge in [-0.3, -0.25) is 19.8 Å². The Balaban J connectivity index is 1.02. The topological polar surface area (TPSA) is 82.9 Å². The van der Waals surface area contributed by atoms with E-state index in [2.05, 4.69) is 63.2 Å². The van der Waals surface area contributed by atoms with Crippen molar-refractivity contribution in [3.05, 3.63) is 101 Å². The fourth-order valence-corrected chi connectivity index (χ4v) is 5.92. The van der Waals surface area contributed by atoms with E-state index >= 15 is 0 Å². The third kappa shape index (κ3) is 6.26. The van der Waals surface area contributed by atoms with Crippen molar-refractivity contribution in [1.82, 2.24) is 24.8 Å². The monoisotopic (exact) mass is 539 g/mol. The Hall–Kier alpha value is -3.56. The fourth-order valence-electron chi connectivity index (χ4n) is 5.92. The molecule has 2 saturated heterocycles. The van der Waals surface area contributed by atoms with Crippen molar-refractivity contribution in [1.29, 1.82) is 0 Å². The number of likely N-dealkylation sites (tertiary alicyclic amines) is 1. The van der Waals surface area contributed by atoms with Crippen LogP contribution >= 0.6 is 0 Å². The van der Waals surface area contributed by atoms with E-state index in [-0.39, 0.29) is 0 Å². The van der Waals surface area contributed by atoms with Gasteiger partial charge in [-0.25, -0.2) is 10.5 Å². The number of carbonyl (C=O) groups is 1. The number of carbonyl (C=O) groups excluding carboxylic acids is 1. The molecule has 8 heteroatoms. The molecule has 0 bridgehead atoms. The number of fused-ring (bicyclic) bond motifs is 1. The number of ether oxygens (including phenoxy) is 1. The number of nitrogens with one attached hydrogen (secondary N) is 1. The molecular weight excluding hydrogens is 502 g/mol. The first-order valence-electron chi connectivity index (χ1n) is 14.2. The van der Waals surface area contributed by atoms with Gasteiger partial charge < -0.3 is 9.30 Å². The van der Waals surface area contributed by atoms with Gasteiger partial charge in [0.1, 0.15) is 5.65 Å². The Morgan fingerprint density at radius 2 is 1.45 bits per heavy atom. The third-order valence-electron chi connectivity index (χ3n) is 8.29. The molecule has 2 fully saturated rings. The number of hydroxylamine groups is 1. The molecule has 4 heterocycles. The first-order valence-corrected chi connectivity index (χ1v) is 14.2. The lowest BCUT2D eigenvalue weighted by Crippen LogP contribution is -2.35. The van der Waals surface area contributed by atoms with Crippen LogP contribution in [0.1, 0.15) is 51.4 Å². The first-order chi connectivity index (χ1) is 19.6. The van der Waals surface area contributed by atoms with Crippen molar-refractivity contribution in [3.63, 3.8) is 0 Å². The fraction of sp³-hybridized carbons (Fsp3) is 0.375. The second-order valence-corrected chi connectivity index (χ2v) is 11.0. The molecule has 8 nitrogen and oxygen atoms in total. The van der Waals surface area contributed by atoms with Crippen LogP contribution in [0.5, 0.6) is 0 Å². The van der Waals surface area contributed by atoms with Gasteiger partial charge in [-0.05, 0) is 78.4 Å². The molecule has 2 N–H and O–H groups in total. The summed E-state index contributed by atoms with van der Waals surface area (Å²) in [6.45, 7) is 8.62. The van der Waals surface area contributed by atoms with Crippen LogP contribution < -0.4 is 5.48 Å². The van der Waals surface area contributed by atoms with E-state index in [1.165, 1.54) is 16.7 Å². The average Bonchev–Trinajstić information content (AvgIpc) is 3.41. The van der Waals surface area contributed by atoms with Crippen molar-refractivity contribution >= 4 is 16.9 Å². The maximum Gasteiger partial charge on any atom is 0.274 e. The molecule has 0 aliphatic carbocycles. The summed E-state index contributed by atoms with van der Waals surface area (Å²) in [5.74, 6) is 0.0318. The van der Waals surface area contributed by atoms with Crippen LogP contribution in [-0.2, 0) is 24.4 Å². The highest BCUT2D eigenvalue weighted by Gasteiger charge is 2.22.